The maximum absolute atomic E-state index is 13.0. The van der Waals surface area contributed by atoms with Crippen LogP contribution in [0.5, 0.6) is 0 Å². The third-order valence-electron chi connectivity index (χ3n) is 3.53. The first-order valence-corrected chi connectivity index (χ1v) is 9.51. The van der Waals surface area contributed by atoms with Gasteiger partial charge in [0.05, 0.1) is 18.1 Å². The van der Waals surface area contributed by atoms with Gasteiger partial charge in [0.15, 0.2) is 5.15 Å². The molecule has 0 aliphatic heterocycles. The Balaban J connectivity index is 2.45. The van der Waals surface area contributed by atoms with Gasteiger partial charge in [0.2, 0.25) is 5.91 Å². The van der Waals surface area contributed by atoms with E-state index in [1.54, 1.807) is 39.9 Å². The monoisotopic (exact) mass is 360 g/mol. The Bertz CT molecular complexity index is 708. The molecule has 124 valence electrons. The van der Waals surface area contributed by atoms with Crippen LogP contribution in [0.3, 0.4) is 0 Å². The van der Waals surface area contributed by atoms with E-state index in [1.807, 2.05) is 48.9 Å². The van der Waals surface area contributed by atoms with Crippen molar-refractivity contribution in [1.82, 2.24) is 14.8 Å². The van der Waals surface area contributed by atoms with Crippen LogP contribution in [0.2, 0.25) is 5.15 Å². The van der Waals surface area contributed by atoms with Gasteiger partial charge in [0, 0.05) is 17.9 Å². The van der Waals surface area contributed by atoms with E-state index in [0.29, 0.717) is 10.8 Å². The number of anilines is 1. The van der Waals surface area contributed by atoms with Crippen LogP contribution < -0.4 is 4.90 Å². The number of carbonyl (C=O) groups excluding carboxylic acids is 1. The van der Waals surface area contributed by atoms with Gasteiger partial charge in [-0.25, -0.2) is 4.68 Å². The summed E-state index contributed by atoms with van der Waals surface area (Å²) in [5, 5.41) is 4.24. The number of pyridine rings is 1. The van der Waals surface area contributed by atoms with E-state index in [4.69, 9.17) is 11.6 Å². The van der Waals surface area contributed by atoms with E-state index in [1.165, 1.54) is 0 Å². The Kier molecular flexibility index (Phi) is 6.09. The smallest absolute Gasteiger partial charge is 0.229 e. The molecule has 0 N–H and O–H groups in total. The van der Waals surface area contributed by atoms with Crippen molar-refractivity contribution in [3.63, 3.8) is 0 Å². The van der Waals surface area contributed by atoms with Gasteiger partial charge in [-0.3, -0.25) is 9.78 Å². The summed E-state index contributed by atoms with van der Waals surface area (Å²) in [5.74, 6) is 0.710. The van der Waals surface area contributed by atoms with Gasteiger partial charge in [-0.05, 0) is 23.6 Å². The van der Waals surface area contributed by atoms with E-state index >= 15 is 0 Å². The van der Waals surface area contributed by atoms with E-state index in [2.05, 4.69) is 10.1 Å². The maximum atomic E-state index is 13.0. The van der Waals surface area contributed by atoms with Crippen LogP contribution in [-0.2, 0) is 4.79 Å². The number of nitrogens with zero attached hydrogens (tertiary/aromatic N) is 4. The number of rotatable bonds is 6. The molecule has 0 saturated carbocycles. The van der Waals surface area contributed by atoms with Gasteiger partial charge < -0.3 is 4.90 Å². The zero-order valence-electron chi connectivity index (χ0n) is 14.7. The second kappa shape index (κ2) is 7.70. The molecule has 0 bridgehead atoms. The zero-order chi connectivity index (χ0) is 17.9. The van der Waals surface area contributed by atoms with Gasteiger partial charge in [0.1, 0.15) is 29.2 Å². The van der Waals surface area contributed by atoms with E-state index in [0.717, 1.165) is 11.4 Å². The number of thioether (sulfide) groups is 1. The fourth-order valence-electron chi connectivity index (χ4n) is 2.47. The minimum Gasteiger partial charge on any atom is -0.326 e. The molecule has 0 saturated heterocycles. The lowest BCUT2D eigenvalue weighted by Gasteiger charge is -2.37. The van der Waals surface area contributed by atoms with Crippen molar-refractivity contribution in [3.05, 3.63) is 35.9 Å². The molecule has 1 atom stereocenters. The lowest BCUT2D eigenvalue weighted by atomic mass is 9.48. The summed E-state index contributed by atoms with van der Waals surface area (Å²) in [6.07, 6.45) is 7.18. The molecule has 2 aromatic rings. The molecule has 2 aromatic heterocycles. The topological polar surface area (TPSA) is 51.0 Å². The van der Waals surface area contributed by atoms with Gasteiger partial charge in [-0.2, -0.15) is 16.9 Å². The molecular weight excluding hydrogens is 340 g/mol. The molecule has 0 radical (unpaired) electrons. The second-order valence-corrected chi connectivity index (χ2v) is 7.93. The highest BCUT2D eigenvalue weighted by Gasteiger charge is 2.33. The van der Waals surface area contributed by atoms with E-state index < -0.39 is 5.24 Å². The summed E-state index contributed by atoms with van der Waals surface area (Å²) >= 11 is 8.03. The van der Waals surface area contributed by atoms with Crippen molar-refractivity contribution in [2.45, 2.75) is 12.2 Å². The van der Waals surface area contributed by atoms with Crippen molar-refractivity contribution in [2.75, 3.05) is 16.9 Å². The van der Waals surface area contributed by atoms with Crippen LogP contribution in [0.25, 0.3) is 5.69 Å². The molecule has 24 heavy (non-hydrogen) atoms. The summed E-state index contributed by atoms with van der Waals surface area (Å²) in [7, 11) is 5.98. The Labute approximate surface area is 154 Å². The zero-order valence-corrected chi connectivity index (χ0v) is 16.2. The third-order valence-corrected chi connectivity index (χ3v) is 4.63. The fourth-order valence-corrected chi connectivity index (χ4v) is 3.32. The average molecular weight is 360 g/mol. The molecular formula is C14H20B3ClN4OS. The summed E-state index contributed by atoms with van der Waals surface area (Å²) < 4.78 is 1.65. The lowest BCUT2D eigenvalue weighted by Crippen LogP contribution is -2.56. The molecule has 0 aliphatic rings. The molecule has 5 nitrogen and oxygen atoms in total. The number of halogens is 1. The quantitative estimate of drug-likeness (QED) is 0.668. The van der Waals surface area contributed by atoms with Crippen LogP contribution in [-0.4, -0.2) is 61.5 Å². The lowest BCUT2D eigenvalue weighted by molar-refractivity contribution is -0.121. The maximum Gasteiger partial charge on any atom is 0.229 e. The number of aromatic nitrogens is 3. The first-order chi connectivity index (χ1) is 11.3. The standard InChI is InChI=1S/C14H20B3ClN4OS/c1-9(8-24-2)13(23)22(14(15,16)17)11-7-21(20-12(11)18)10-4-3-5-19-6-10/h3-7,9H,8,15-17H2,1-2H3. The highest BCUT2D eigenvalue weighted by atomic mass is 35.5. The minimum atomic E-state index is -0.407. The average Bonchev–Trinajstić information content (AvgIpc) is 2.89. The normalized spacial score (nSPS) is 12.8. The molecule has 1 amide bonds. The third kappa shape index (κ3) is 4.19. The van der Waals surface area contributed by atoms with Gasteiger partial charge in [0.25, 0.3) is 0 Å². The number of hydrogen-bond donors (Lipinski definition) is 0. The molecule has 10 heteroatoms. The first-order valence-electron chi connectivity index (χ1n) is 7.74. The van der Waals surface area contributed by atoms with E-state index in [-0.39, 0.29) is 11.8 Å². The molecule has 1 unspecified atom stereocenters. The Morgan fingerprint density at radius 2 is 2.21 bits per heavy atom. The largest absolute Gasteiger partial charge is 0.326 e. The van der Waals surface area contributed by atoms with Crippen LogP contribution in [0.4, 0.5) is 5.69 Å². The summed E-state index contributed by atoms with van der Waals surface area (Å²) in [4.78, 5) is 18.8. The van der Waals surface area contributed by atoms with Crippen LogP contribution in [0, 0.1) is 5.92 Å². The number of hydrogen-bond acceptors (Lipinski definition) is 4. The minimum absolute atomic E-state index is 0.0458. The Morgan fingerprint density at radius 3 is 2.75 bits per heavy atom. The second-order valence-electron chi connectivity index (χ2n) is 6.66. The Hall–Kier alpha value is -1.34. The Morgan fingerprint density at radius 1 is 1.50 bits per heavy atom. The van der Waals surface area contributed by atoms with Crippen LogP contribution in [0.1, 0.15) is 6.92 Å². The van der Waals surface area contributed by atoms with Crippen molar-refractivity contribution in [1.29, 1.82) is 0 Å². The van der Waals surface area contributed by atoms with E-state index in [9.17, 15) is 4.79 Å². The van der Waals surface area contributed by atoms with Crippen LogP contribution >= 0.6 is 23.4 Å². The van der Waals surface area contributed by atoms with Gasteiger partial charge in [-0.15, -0.1) is 0 Å². The molecule has 2 rings (SSSR count). The summed E-state index contributed by atoms with van der Waals surface area (Å²) in [6.45, 7) is 1.94. The predicted octanol–water partition coefficient (Wildman–Crippen LogP) is -0.237. The predicted molar refractivity (Wildman–Crippen MR) is 110 cm³/mol. The highest BCUT2D eigenvalue weighted by Crippen LogP contribution is 2.30. The van der Waals surface area contributed by atoms with Gasteiger partial charge >= 0.3 is 0 Å². The molecule has 0 aliphatic carbocycles. The number of amides is 1. The van der Waals surface area contributed by atoms with Crippen molar-refractivity contribution in [2.24, 2.45) is 5.92 Å². The van der Waals surface area contributed by atoms with Crippen molar-refractivity contribution >= 4 is 58.5 Å². The summed E-state index contributed by atoms with van der Waals surface area (Å²) in [6, 6.07) is 3.72. The number of carbonyl (C=O) groups is 1. The van der Waals surface area contributed by atoms with Gasteiger partial charge in [-0.1, -0.05) is 18.5 Å². The fraction of sp³-hybridized carbons (Fsp3) is 0.357. The van der Waals surface area contributed by atoms with Crippen LogP contribution in [0.15, 0.2) is 30.7 Å². The highest BCUT2D eigenvalue weighted by molar-refractivity contribution is 7.98. The van der Waals surface area contributed by atoms with Crippen molar-refractivity contribution < 1.29 is 4.79 Å². The van der Waals surface area contributed by atoms with Crippen molar-refractivity contribution in [3.8, 4) is 5.69 Å². The first kappa shape index (κ1) is 19.0. The molecule has 0 aromatic carbocycles. The molecule has 0 spiro atoms. The SMILES string of the molecule is BC(B)(B)N(C(=O)C(C)CSC)c1cn(-c2cccnc2)nc1Cl. The summed E-state index contributed by atoms with van der Waals surface area (Å²) in [5.41, 5.74) is 1.41. The molecule has 2 heterocycles. The molecule has 0 fully saturated rings.